The Morgan fingerprint density at radius 3 is 3.08 bits per heavy atom. The Balaban J connectivity index is 2.67. The predicted molar refractivity (Wildman–Crippen MR) is 50.5 cm³/mol. The van der Waals surface area contributed by atoms with E-state index in [2.05, 4.69) is 23.0 Å². The number of H-pyrrole nitrogens is 1. The van der Waals surface area contributed by atoms with Crippen LogP contribution >= 0.6 is 11.6 Å². The van der Waals surface area contributed by atoms with Crippen LogP contribution in [-0.2, 0) is 6.42 Å². The molecule has 1 N–H and O–H groups in total. The fourth-order valence-electron chi connectivity index (χ4n) is 1.24. The van der Waals surface area contributed by atoms with Gasteiger partial charge < -0.3 is 4.98 Å². The molecule has 2 aromatic heterocycles. The Labute approximate surface area is 75.6 Å². The molecule has 12 heavy (non-hydrogen) atoms. The lowest BCUT2D eigenvalue weighted by atomic mass is 10.3. The Kier molecular flexibility index (Phi) is 1.77. The molecule has 0 bridgehead atoms. The van der Waals surface area contributed by atoms with E-state index < -0.39 is 0 Å². The molecule has 0 amide bonds. The molecule has 2 rings (SSSR count). The SMILES string of the molecule is CCc1cc2cc(Cl)cnc2[nH]1. The molecule has 2 aromatic rings. The van der Waals surface area contributed by atoms with Gasteiger partial charge in [-0.15, -0.1) is 0 Å². The van der Waals surface area contributed by atoms with Crippen molar-refractivity contribution in [3.63, 3.8) is 0 Å². The summed E-state index contributed by atoms with van der Waals surface area (Å²) in [4.78, 5) is 7.36. The first-order chi connectivity index (χ1) is 5.79. The second kappa shape index (κ2) is 2.79. The maximum atomic E-state index is 5.79. The molecule has 0 spiro atoms. The third-order valence-electron chi connectivity index (χ3n) is 1.87. The van der Waals surface area contributed by atoms with Gasteiger partial charge in [-0.25, -0.2) is 4.98 Å². The second-order valence-corrected chi connectivity index (χ2v) is 3.18. The monoisotopic (exact) mass is 180 g/mol. The zero-order chi connectivity index (χ0) is 8.55. The summed E-state index contributed by atoms with van der Waals surface area (Å²) >= 11 is 5.79. The lowest BCUT2D eigenvalue weighted by molar-refractivity contribution is 1.07. The number of fused-ring (bicyclic) bond motifs is 1. The largest absolute Gasteiger partial charge is 0.343 e. The van der Waals surface area contributed by atoms with Crippen molar-refractivity contribution in [2.45, 2.75) is 13.3 Å². The van der Waals surface area contributed by atoms with Crippen LogP contribution in [0.3, 0.4) is 0 Å². The molecular weight excluding hydrogens is 172 g/mol. The maximum Gasteiger partial charge on any atom is 0.137 e. The molecule has 0 aliphatic rings. The fraction of sp³-hybridized carbons (Fsp3) is 0.222. The number of nitrogens with one attached hydrogen (secondary N) is 1. The van der Waals surface area contributed by atoms with Crippen molar-refractivity contribution in [1.82, 2.24) is 9.97 Å². The third kappa shape index (κ3) is 1.18. The van der Waals surface area contributed by atoms with Crippen molar-refractivity contribution < 1.29 is 0 Å². The third-order valence-corrected chi connectivity index (χ3v) is 2.08. The van der Waals surface area contributed by atoms with Crippen molar-refractivity contribution in [3.8, 4) is 0 Å². The van der Waals surface area contributed by atoms with Crippen LogP contribution in [0.1, 0.15) is 12.6 Å². The Morgan fingerprint density at radius 2 is 2.33 bits per heavy atom. The number of hydrogen-bond donors (Lipinski definition) is 1. The highest BCUT2D eigenvalue weighted by Crippen LogP contribution is 2.17. The number of nitrogens with zero attached hydrogens (tertiary/aromatic N) is 1. The fourth-order valence-corrected chi connectivity index (χ4v) is 1.40. The molecule has 0 aromatic carbocycles. The van der Waals surface area contributed by atoms with Gasteiger partial charge in [0, 0.05) is 17.3 Å². The van der Waals surface area contributed by atoms with Crippen molar-refractivity contribution in [2.75, 3.05) is 0 Å². The molecule has 0 fully saturated rings. The van der Waals surface area contributed by atoms with Crippen molar-refractivity contribution in [3.05, 3.63) is 29.0 Å². The van der Waals surface area contributed by atoms with Crippen molar-refractivity contribution in [2.24, 2.45) is 0 Å². The zero-order valence-corrected chi connectivity index (χ0v) is 7.52. The Morgan fingerprint density at radius 1 is 1.50 bits per heavy atom. The van der Waals surface area contributed by atoms with Gasteiger partial charge in [0.25, 0.3) is 0 Å². The van der Waals surface area contributed by atoms with E-state index in [4.69, 9.17) is 11.6 Å². The summed E-state index contributed by atoms with van der Waals surface area (Å²) in [7, 11) is 0. The van der Waals surface area contributed by atoms with Gasteiger partial charge in [-0.2, -0.15) is 0 Å². The molecule has 0 aliphatic carbocycles. The minimum atomic E-state index is 0.684. The van der Waals surface area contributed by atoms with Crippen molar-refractivity contribution >= 4 is 22.6 Å². The van der Waals surface area contributed by atoms with Gasteiger partial charge in [-0.05, 0) is 18.6 Å². The van der Waals surface area contributed by atoms with Gasteiger partial charge in [0.2, 0.25) is 0 Å². The first-order valence-corrected chi connectivity index (χ1v) is 4.30. The minimum Gasteiger partial charge on any atom is -0.343 e. The van der Waals surface area contributed by atoms with E-state index in [0.29, 0.717) is 5.02 Å². The molecule has 0 unspecified atom stereocenters. The van der Waals surface area contributed by atoms with Crippen LogP contribution in [0.15, 0.2) is 18.3 Å². The summed E-state index contributed by atoms with van der Waals surface area (Å²) < 4.78 is 0. The highest BCUT2D eigenvalue weighted by atomic mass is 35.5. The smallest absolute Gasteiger partial charge is 0.137 e. The van der Waals surface area contributed by atoms with E-state index in [1.54, 1.807) is 6.20 Å². The summed E-state index contributed by atoms with van der Waals surface area (Å²) in [5.74, 6) is 0. The average molecular weight is 181 g/mol. The number of aryl methyl sites for hydroxylation is 1. The summed E-state index contributed by atoms with van der Waals surface area (Å²) in [5.41, 5.74) is 2.11. The second-order valence-electron chi connectivity index (χ2n) is 2.74. The lowest BCUT2D eigenvalue weighted by Crippen LogP contribution is -1.77. The molecule has 0 aliphatic heterocycles. The molecule has 0 saturated heterocycles. The van der Waals surface area contributed by atoms with Crippen LogP contribution in [-0.4, -0.2) is 9.97 Å². The first kappa shape index (κ1) is 7.62. The number of halogens is 1. The highest BCUT2D eigenvalue weighted by molar-refractivity contribution is 6.31. The normalized spacial score (nSPS) is 10.8. The minimum absolute atomic E-state index is 0.684. The van der Waals surface area contributed by atoms with Gasteiger partial charge >= 0.3 is 0 Å². The predicted octanol–water partition coefficient (Wildman–Crippen LogP) is 2.78. The molecule has 0 radical (unpaired) electrons. The van der Waals surface area contributed by atoms with Gasteiger partial charge in [0.1, 0.15) is 5.65 Å². The zero-order valence-electron chi connectivity index (χ0n) is 6.76. The molecule has 2 heterocycles. The van der Waals surface area contributed by atoms with Crippen molar-refractivity contribution in [1.29, 1.82) is 0 Å². The summed E-state index contributed by atoms with van der Waals surface area (Å²) in [6.07, 6.45) is 2.65. The Hall–Kier alpha value is -1.02. The van der Waals surface area contributed by atoms with E-state index in [0.717, 1.165) is 17.5 Å². The van der Waals surface area contributed by atoms with Crippen LogP contribution in [0.5, 0.6) is 0 Å². The maximum absolute atomic E-state index is 5.79. The summed E-state index contributed by atoms with van der Waals surface area (Å²) in [5, 5.41) is 1.77. The van der Waals surface area contributed by atoms with Gasteiger partial charge in [0.15, 0.2) is 0 Å². The number of aromatic nitrogens is 2. The van der Waals surface area contributed by atoms with Gasteiger partial charge in [-0.1, -0.05) is 18.5 Å². The Bertz CT molecular complexity index is 406. The highest BCUT2D eigenvalue weighted by Gasteiger charge is 1.99. The molecule has 0 saturated carbocycles. The lowest BCUT2D eigenvalue weighted by Gasteiger charge is -1.88. The van der Waals surface area contributed by atoms with Crippen LogP contribution < -0.4 is 0 Å². The summed E-state index contributed by atoms with van der Waals surface area (Å²) in [6, 6.07) is 3.99. The molecular formula is C9H9ClN2. The van der Waals surface area contributed by atoms with Crippen LogP contribution in [0.25, 0.3) is 11.0 Å². The van der Waals surface area contributed by atoms with Crippen LogP contribution in [0.2, 0.25) is 5.02 Å². The number of pyridine rings is 1. The van der Waals surface area contributed by atoms with E-state index in [-0.39, 0.29) is 0 Å². The first-order valence-electron chi connectivity index (χ1n) is 3.92. The molecule has 2 nitrogen and oxygen atoms in total. The van der Waals surface area contributed by atoms with E-state index in [1.807, 2.05) is 6.07 Å². The van der Waals surface area contributed by atoms with Gasteiger partial charge in [-0.3, -0.25) is 0 Å². The number of hydrogen-bond acceptors (Lipinski definition) is 1. The van der Waals surface area contributed by atoms with Gasteiger partial charge in [0.05, 0.1) is 5.02 Å². The quantitative estimate of drug-likeness (QED) is 0.719. The summed E-state index contributed by atoms with van der Waals surface area (Å²) in [6.45, 7) is 2.10. The van der Waals surface area contributed by atoms with Crippen LogP contribution in [0, 0.1) is 0 Å². The molecule has 0 atom stereocenters. The standard InChI is InChI=1S/C9H9ClN2/c1-2-8-4-6-3-7(10)5-11-9(6)12-8/h3-5H,2H2,1H3,(H,11,12). The van der Waals surface area contributed by atoms with Crippen LogP contribution in [0.4, 0.5) is 0 Å². The van der Waals surface area contributed by atoms with E-state index >= 15 is 0 Å². The topological polar surface area (TPSA) is 28.7 Å². The van der Waals surface area contributed by atoms with E-state index in [1.165, 1.54) is 5.69 Å². The molecule has 62 valence electrons. The molecule has 3 heteroatoms. The van der Waals surface area contributed by atoms with E-state index in [9.17, 15) is 0 Å². The number of rotatable bonds is 1. The number of aromatic amines is 1. The average Bonchev–Trinajstić information content (AvgIpc) is 2.46.